The van der Waals surface area contributed by atoms with Crippen molar-refractivity contribution in [2.24, 2.45) is 0 Å². The van der Waals surface area contributed by atoms with E-state index in [1.807, 2.05) is 0 Å². The number of carbonyl (C=O) groups is 1. The molecule has 0 radical (unpaired) electrons. The van der Waals surface area contributed by atoms with E-state index in [9.17, 15) is 26.4 Å². The Morgan fingerprint density at radius 3 is 2.27 bits per heavy atom. The molecule has 0 aromatic heterocycles. The van der Waals surface area contributed by atoms with Gasteiger partial charge in [-0.15, -0.1) is 0 Å². The Morgan fingerprint density at radius 1 is 1.04 bits per heavy atom. The second kappa shape index (κ2) is 7.24. The molecule has 0 aliphatic heterocycles. The number of methoxy groups -OCH3 is 1. The zero-order valence-corrected chi connectivity index (χ0v) is 14.7. The van der Waals surface area contributed by atoms with Crippen LogP contribution in [0.15, 0.2) is 24.3 Å². The van der Waals surface area contributed by atoms with Gasteiger partial charge in [-0.05, 0) is 25.1 Å². The van der Waals surface area contributed by atoms with Crippen LogP contribution >= 0.6 is 0 Å². The van der Waals surface area contributed by atoms with Gasteiger partial charge in [0, 0.05) is 11.6 Å². The van der Waals surface area contributed by atoms with Gasteiger partial charge < -0.3 is 9.47 Å². The zero-order valence-electron chi connectivity index (χ0n) is 13.9. The maximum absolute atomic E-state index is 14.2. The lowest BCUT2D eigenvalue weighted by atomic mass is 10.1. The summed E-state index contributed by atoms with van der Waals surface area (Å²) < 4.78 is 75.6. The van der Waals surface area contributed by atoms with Gasteiger partial charge in [0.15, 0.2) is 23.1 Å². The molecule has 0 aliphatic carbocycles. The molecule has 2 aromatic carbocycles. The Hall–Kier alpha value is -2.75. The van der Waals surface area contributed by atoms with E-state index < -0.39 is 44.7 Å². The zero-order chi connectivity index (χ0) is 19.6. The van der Waals surface area contributed by atoms with Crippen molar-refractivity contribution < 1.29 is 35.9 Å². The number of hydrogen-bond acceptors (Lipinski definition) is 5. The molecule has 140 valence electrons. The second-order valence-corrected chi connectivity index (χ2v) is 7.02. The van der Waals surface area contributed by atoms with Crippen molar-refractivity contribution in [3.8, 4) is 17.2 Å². The number of ether oxygens (including phenoxy) is 2. The van der Waals surface area contributed by atoms with Crippen LogP contribution < -0.4 is 14.2 Å². The molecule has 1 amide bonds. The van der Waals surface area contributed by atoms with Gasteiger partial charge in [0.2, 0.25) is 10.0 Å². The van der Waals surface area contributed by atoms with Gasteiger partial charge in [0.1, 0.15) is 11.6 Å². The van der Waals surface area contributed by atoms with Gasteiger partial charge in [0.05, 0.1) is 18.9 Å². The quantitative estimate of drug-likeness (QED) is 0.850. The van der Waals surface area contributed by atoms with Crippen LogP contribution in [0.2, 0.25) is 0 Å². The van der Waals surface area contributed by atoms with Crippen molar-refractivity contribution >= 4 is 15.9 Å². The molecule has 0 fully saturated rings. The Kier molecular flexibility index (Phi) is 5.45. The average Bonchev–Trinajstić information content (AvgIpc) is 2.52. The lowest BCUT2D eigenvalue weighted by molar-refractivity contribution is 0.0977. The van der Waals surface area contributed by atoms with Gasteiger partial charge in [-0.1, -0.05) is 0 Å². The average molecular weight is 389 g/mol. The minimum Gasteiger partial charge on any atom is -0.492 e. The minimum absolute atomic E-state index is 0.0105. The van der Waals surface area contributed by atoms with Crippen molar-refractivity contribution in [2.75, 3.05) is 13.4 Å². The van der Waals surface area contributed by atoms with E-state index in [2.05, 4.69) is 0 Å². The second-order valence-electron chi connectivity index (χ2n) is 5.27. The number of rotatable bonds is 5. The minimum atomic E-state index is -3.95. The number of benzene rings is 2. The van der Waals surface area contributed by atoms with E-state index in [4.69, 9.17) is 9.47 Å². The van der Waals surface area contributed by atoms with E-state index in [-0.39, 0.29) is 17.1 Å². The third kappa shape index (κ3) is 4.26. The van der Waals surface area contributed by atoms with Gasteiger partial charge in [-0.2, -0.15) is 0 Å². The van der Waals surface area contributed by atoms with E-state index in [0.717, 1.165) is 6.07 Å². The van der Waals surface area contributed by atoms with Crippen molar-refractivity contribution in [2.45, 2.75) is 6.92 Å². The fourth-order valence-corrected chi connectivity index (χ4v) is 2.55. The van der Waals surface area contributed by atoms with E-state index in [0.29, 0.717) is 18.4 Å². The molecule has 1 N–H and O–H groups in total. The van der Waals surface area contributed by atoms with Crippen LogP contribution in [0.1, 0.15) is 15.9 Å². The Labute approximate surface area is 147 Å². The topological polar surface area (TPSA) is 81.7 Å². The predicted molar refractivity (Wildman–Crippen MR) is 86.4 cm³/mol. The van der Waals surface area contributed by atoms with E-state index in [1.54, 1.807) is 0 Å². The lowest BCUT2D eigenvalue weighted by Crippen LogP contribution is -2.30. The van der Waals surface area contributed by atoms with E-state index in [1.165, 1.54) is 24.8 Å². The number of sulfonamides is 1. The molecule has 0 spiro atoms. The molecule has 2 aromatic rings. The highest BCUT2D eigenvalue weighted by molar-refractivity contribution is 7.89. The monoisotopic (exact) mass is 389 g/mol. The highest BCUT2D eigenvalue weighted by atomic mass is 32.2. The first-order valence-electron chi connectivity index (χ1n) is 7.05. The van der Waals surface area contributed by atoms with Crippen molar-refractivity contribution in [3.05, 3.63) is 52.8 Å². The van der Waals surface area contributed by atoms with Gasteiger partial charge >= 0.3 is 0 Å². The van der Waals surface area contributed by atoms with Crippen molar-refractivity contribution in [1.82, 2.24) is 4.72 Å². The maximum Gasteiger partial charge on any atom is 0.267 e. The summed E-state index contributed by atoms with van der Waals surface area (Å²) in [5.74, 6) is -4.92. The predicted octanol–water partition coefficient (Wildman–Crippen LogP) is 2.90. The summed E-state index contributed by atoms with van der Waals surface area (Å²) in [5, 5.41) is 0. The molecule has 0 bridgehead atoms. The number of hydrogen-bond donors (Lipinski definition) is 1. The van der Waals surface area contributed by atoms with Crippen LogP contribution in [-0.4, -0.2) is 27.7 Å². The molecule has 0 unspecified atom stereocenters. The molecular weight excluding hydrogens is 375 g/mol. The van der Waals surface area contributed by atoms with Gasteiger partial charge in [-0.3, -0.25) is 4.79 Å². The molecule has 0 aliphatic rings. The number of nitrogens with one attached hydrogen (secondary N) is 1. The highest BCUT2D eigenvalue weighted by Crippen LogP contribution is 2.36. The van der Waals surface area contributed by atoms with Crippen LogP contribution in [0, 0.1) is 24.4 Å². The molecule has 6 nitrogen and oxygen atoms in total. The molecule has 0 atom stereocenters. The Balaban J connectivity index is 2.40. The van der Waals surface area contributed by atoms with Crippen molar-refractivity contribution in [1.29, 1.82) is 0 Å². The van der Waals surface area contributed by atoms with Crippen LogP contribution in [-0.2, 0) is 10.0 Å². The first-order valence-corrected chi connectivity index (χ1v) is 8.94. The van der Waals surface area contributed by atoms with Crippen LogP contribution in [0.3, 0.4) is 0 Å². The van der Waals surface area contributed by atoms with Crippen LogP contribution in [0.5, 0.6) is 17.2 Å². The maximum atomic E-state index is 14.2. The number of halogens is 3. The van der Waals surface area contributed by atoms with Crippen molar-refractivity contribution in [3.63, 3.8) is 0 Å². The lowest BCUT2D eigenvalue weighted by Gasteiger charge is -2.14. The molecule has 26 heavy (non-hydrogen) atoms. The third-order valence-corrected chi connectivity index (χ3v) is 3.83. The first kappa shape index (κ1) is 19.6. The Morgan fingerprint density at radius 2 is 1.69 bits per heavy atom. The summed E-state index contributed by atoms with van der Waals surface area (Å²) in [6, 6.07) is 3.30. The van der Waals surface area contributed by atoms with E-state index >= 15 is 0 Å². The largest absolute Gasteiger partial charge is 0.492 e. The molecule has 0 heterocycles. The summed E-state index contributed by atoms with van der Waals surface area (Å²) in [5.41, 5.74) is -0.711. The smallest absolute Gasteiger partial charge is 0.267 e. The summed E-state index contributed by atoms with van der Waals surface area (Å²) >= 11 is 0. The normalized spacial score (nSPS) is 11.2. The summed E-state index contributed by atoms with van der Waals surface area (Å²) in [7, 11) is -2.70. The fraction of sp³-hybridized carbons (Fsp3) is 0.188. The first-order chi connectivity index (χ1) is 12.0. The molecule has 2 rings (SSSR count). The third-order valence-electron chi connectivity index (χ3n) is 3.27. The fourth-order valence-electron chi connectivity index (χ4n) is 2.10. The standard InChI is InChI=1S/C16H14F3NO5S/c1-8-10(17)4-5-13(15(8)24-2)25-14-7-11(18)9(6-12(14)19)16(21)20-26(3,22)23/h4-7H,1-3H3,(H,20,21). The number of carbonyl (C=O) groups excluding carboxylic acids is 1. The summed E-state index contributed by atoms with van der Waals surface area (Å²) in [4.78, 5) is 11.7. The summed E-state index contributed by atoms with van der Waals surface area (Å²) in [6.45, 7) is 1.41. The van der Waals surface area contributed by atoms with Gasteiger partial charge in [0.25, 0.3) is 5.91 Å². The molecule has 10 heteroatoms. The summed E-state index contributed by atoms with van der Waals surface area (Å²) in [6.07, 6.45) is 0.694. The Bertz CT molecular complexity index is 976. The molecule has 0 saturated carbocycles. The molecular formula is C16H14F3NO5S. The highest BCUT2D eigenvalue weighted by Gasteiger charge is 2.21. The van der Waals surface area contributed by atoms with Gasteiger partial charge in [-0.25, -0.2) is 26.3 Å². The molecule has 0 saturated heterocycles. The SMILES string of the molecule is COc1c(Oc2cc(F)c(C(=O)NS(C)(=O)=O)cc2F)ccc(F)c1C. The van der Waals surface area contributed by atoms with Crippen LogP contribution in [0.25, 0.3) is 0 Å². The van der Waals surface area contributed by atoms with Crippen LogP contribution in [0.4, 0.5) is 13.2 Å². The number of amides is 1.